The second-order valence-corrected chi connectivity index (χ2v) is 8.70. The fourth-order valence-corrected chi connectivity index (χ4v) is 4.83. The fraction of sp³-hybridized carbons (Fsp3) is 0.474. The quantitative estimate of drug-likeness (QED) is 0.849. The van der Waals surface area contributed by atoms with Gasteiger partial charge in [0, 0.05) is 22.5 Å². The molecule has 3 aliphatic rings. The first-order chi connectivity index (χ1) is 13.1. The van der Waals surface area contributed by atoms with Crippen LogP contribution >= 0.6 is 0 Å². The van der Waals surface area contributed by atoms with Gasteiger partial charge in [0.1, 0.15) is 4.90 Å². The molecule has 0 radical (unpaired) electrons. The first-order valence-electron chi connectivity index (χ1n) is 9.50. The van der Waals surface area contributed by atoms with E-state index in [0.717, 1.165) is 44.3 Å². The molecule has 0 saturated heterocycles. The number of hydrogen-bond acceptors (Lipinski definition) is 3. The number of carbonyl (C=O) groups is 1. The van der Waals surface area contributed by atoms with Gasteiger partial charge in [0.15, 0.2) is 0 Å². The molecule has 2 amide bonds. The Labute approximate surface area is 160 Å². The normalized spacial score (nSPS) is 20.4. The molecular weight excluding hydrogens is 362 g/mol. The minimum absolute atomic E-state index is 0.391. The Morgan fingerprint density at radius 3 is 2.74 bits per heavy atom. The Hall–Kier alpha value is -2.19. The van der Waals surface area contributed by atoms with Crippen molar-refractivity contribution in [3.8, 4) is 5.88 Å². The van der Waals surface area contributed by atoms with Crippen LogP contribution in [0, 0.1) is 5.92 Å². The smallest absolute Gasteiger partial charge is 0.352 e. The number of urea groups is 1. The first-order valence-corrected chi connectivity index (χ1v) is 10.7. The highest BCUT2D eigenvalue weighted by molar-refractivity contribution is 7.85. The average molecular weight is 385 g/mol. The molecule has 2 aromatic rings. The van der Waals surface area contributed by atoms with Gasteiger partial charge in [0.05, 0.1) is 19.3 Å². The van der Waals surface area contributed by atoms with Crippen LogP contribution in [0.5, 0.6) is 5.88 Å². The zero-order chi connectivity index (χ0) is 18.5. The third-order valence-corrected chi connectivity index (χ3v) is 6.97. The fourth-order valence-electron chi connectivity index (χ4n) is 4.01. The molecule has 0 fully saturated rings. The summed E-state index contributed by atoms with van der Waals surface area (Å²) in [5.41, 5.74) is 6.24. The van der Waals surface area contributed by atoms with Crippen molar-refractivity contribution < 1.29 is 9.53 Å². The monoisotopic (exact) mass is 385 g/mol. The number of ether oxygens (including phenoxy) is 1. The van der Waals surface area contributed by atoms with E-state index in [1.807, 2.05) is 4.68 Å². The summed E-state index contributed by atoms with van der Waals surface area (Å²) in [5.74, 6) is 1.11. The molecule has 1 aliphatic heterocycles. The third-order valence-electron chi connectivity index (χ3n) is 5.88. The Kier molecular flexibility index (Phi) is 4.05. The number of fused-ring (bicyclic) bond motifs is 3. The van der Waals surface area contributed by atoms with Gasteiger partial charge in [-0.15, -0.1) is 0 Å². The molecule has 27 heavy (non-hydrogen) atoms. The lowest BCUT2D eigenvalue weighted by molar-refractivity contribution is 0.157. The molecule has 2 atom stereocenters. The van der Waals surface area contributed by atoms with E-state index >= 15 is 0 Å². The maximum Gasteiger partial charge on any atom is 0.352 e. The van der Waals surface area contributed by atoms with Crippen LogP contribution in [0.4, 0.5) is 10.5 Å². The largest absolute Gasteiger partial charge is 0.477 e. The number of aryl methyl sites for hydroxylation is 2. The van der Waals surface area contributed by atoms with E-state index in [9.17, 15) is 4.79 Å². The van der Waals surface area contributed by atoms with Crippen LogP contribution in [0.25, 0.3) is 0 Å². The molecule has 1 aromatic carbocycles. The first kappa shape index (κ1) is 16.9. The highest BCUT2D eigenvalue weighted by Gasteiger charge is 2.28. The van der Waals surface area contributed by atoms with Crippen molar-refractivity contribution in [3.05, 3.63) is 34.5 Å². The van der Waals surface area contributed by atoms with Gasteiger partial charge >= 0.3 is 6.03 Å². The molecule has 3 N–H and O–H groups in total. The highest BCUT2D eigenvalue weighted by Crippen LogP contribution is 2.40. The van der Waals surface area contributed by atoms with Crippen molar-refractivity contribution in [2.24, 2.45) is 15.4 Å². The van der Waals surface area contributed by atoms with Gasteiger partial charge in [-0.1, -0.05) is 13.0 Å². The van der Waals surface area contributed by atoms with Crippen LogP contribution in [0.3, 0.4) is 0 Å². The molecule has 2 unspecified atom stereocenters. The van der Waals surface area contributed by atoms with E-state index in [-0.39, 0.29) is 0 Å². The lowest BCUT2D eigenvalue weighted by Crippen LogP contribution is -2.26. The molecule has 5 rings (SSSR count). The molecule has 2 heterocycles. The Balaban J connectivity index is 1.37. The van der Waals surface area contributed by atoms with Crippen molar-refractivity contribution in [3.63, 3.8) is 0 Å². The molecule has 7 nitrogen and oxygen atoms in total. The standard InChI is InChI=1S/C19H23N5O2S/c1-2-11-9-24-18(26-10-11)16(8-21-24)27(20)23-19(25)22-17-14-5-3-12(14)7-13-4-6-15(13)17/h7-8,11H,2-6,9-10H2,1H3,(H3,20,22,23,25). The van der Waals surface area contributed by atoms with Gasteiger partial charge in [0.2, 0.25) is 5.88 Å². The minimum Gasteiger partial charge on any atom is -0.477 e. The molecule has 2 aliphatic carbocycles. The van der Waals surface area contributed by atoms with Gasteiger partial charge in [-0.3, -0.25) is 5.14 Å². The van der Waals surface area contributed by atoms with Crippen molar-refractivity contribution in [2.45, 2.75) is 50.5 Å². The number of amides is 2. The second kappa shape index (κ2) is 6.45. The number of carbonyl (C=O) groups excluding carboxylic acids is 1. The van der Waals surface area contributed by atoms with Crippen molar-refractivity contribution in [2.75, 3.05) is 11.9 Å². The van der Waals surface area contributed by atoms with Crippen LogP contribution < -0.4 is 15.2 Å². The van der Waals surface area contributed by atoms with Gasteiger partial charge in [-0.2, -0.15) is 9.46 Å². The van der Waals surface area contributed by atoms with Crippen LogP contribution in [0.2, 0.25) is 0 Å². The molecule has 0 spiro atoms. The maximum absolute atomic E-state index is 12.5. The number of anilines is 1. The molecule has 0 saturated carbocycles. The topological polar surface area (TPSA) is 94.5 Å². The van der Waals surface area contributed by atoms with E-state index in [1.165, 1.54) is 22.3 Å². The number of nitrogens with zero attached hydrogens (tertiary/aromatic N) is 3. The summed E-state index contributed by atoms with van der Waals surface area (Å²) in [4.78, 5) is 13.2. The Morgan fingerprint density at radius 2 is 2.11 bits per heavy atom. The highest BCUT2D eigenvalue weighted by atomic mass is 32.2. The summed E-state index contributed by atoms with van der Waals surface area (Å²) in [7, 11) is -1.09. The second-order valence-electron chi connectivity index (χ2n) is 7.44. The van der Waals surface area contributed by atoms with Gasteiger partial charge < -0.3 is 10.1 Å². The lowest BCUT2D eigenvalue weighted by atomic mass is 9.76. The summed E-state index contributed by atoms with van der Waals surface area (Å²) < 4.78 is 11.8. The summed E-state index contributed by atoms with van der Waals surface area (Å²) >= 11 is 0. The van der Waals surface area contributed by atoms with Gasteiger partial charge in [-0.25, -0.2) is 9.48 Å². The summed E-state index contributed by atoms with van der Waals surface area (Å²) in [5, 5.41) is 13.6. The van der Waals surface area contributed by atoms with Crippen molar-refractivity contribution >= 4 is 22.6 Å². The van der Waals surface area contributed by atoms with Crippen LogP contribution in [0.1, 0.15) is 35.6 Å². The number of hydrogen-bond donors (Lipinski definition) is 2. The van der Waals surface area contributed by atoms with Crippen LogP contribution in [-0.4, -0.2) is 22.4 Å². The molecule has 0 bridgehead atoms. The van der Waals surface area contributed by atoms with E-state index in [0.29, 0.717) is 23.3 Å². The van der Waals surface area contributed by atoms with Gasteiger partial charge in [-0.05, 0) is 54.4 Å². The zero-order valence-corrected chi connectivity index (χ0v) is 16.1. The number of benzene rings is 1. The zero-order valence-electron chi connectivity index (χ0n) is 15.3. The maximum atomic E-state index is 12.5. The number of rotatable bonds is 3. The molecule has 1 aromatic heterocycles. The van der Waals surface area contributed by atoms with E-state index in [4.69, 9.17) is 9.88 Å². The molecule has 8 heteroatoms. The number of nitrogens with one attached hydrogen (secondary N) is 1. The van der Waals surface area contributed by atoms with E-state index < -0.39 is 16.9 Å². The summed E-state index contributed by atoms with van der Waals surface area (Å²) in [6.45, 7) is 3.61. The SMILES string of the molecule is CCC1COc2c(S(N)=NC(=O)Nc3c4c(cc5c3CC5)CC4)cnn2C1. The number of aromatic nitrogens is 2. The van der Waals surface area contributed by atoms with Crippen molar-refractivity contribution in [1.82, 2.24) is 9.78 Å². The predicted octanol–water partition coefficient (Wildman–Crippen LogP) is 2.77. The van der Waals surface area contributed by atoms with Crippen LogP contribution in [0.15, 0.2) is 21.5 Å². The molecule has 142 valence electrons. The number of nitrogens with two attached hydrogens (primary N) is 1. The van der Waals surface area contributed by atoms with E-state index in [1.54, 1.807) is 6.20 Å². The Morgan fingerprint density at radius 1 is 1.37 bits per heavy atom. The third kappa shape index (κ3) is 2.78. The van der Waals surface area contributed by atoms with E-state index in [2.05, 4.69) is 27.8 Å². The van der Waals surface area contributed by atoms with Gasteiger partial charge in [0.25, 0.3) is 0 Å². The predicted molar refractivity (Wildman–Crippen MR) is 104 cm³/mol. The lowest BCUT2D eigenvalue weighted by Gasteiger charge is -2.31. The molecular formula is C19H23N5O2S. The minimum atomic E-state index is -1.09. The van der Waals surface area contributed by atoms with Crippen LogP contribution in [-0.2, 0) is 43.1 Å². The summed E-state index contributed by atoms with van der Waals surface area (Å²) in [6.07, 6.45) is 6.97. The summed E-state index contributed by atoms with van der Waals surface area (Å²) in [6, 6.07) is 1.90. The van der Waals surface area contributed by atoms with Crippen molar-refractivity contribution in [1.29, 1.82) is 0 Å². The average Bonchev–Trinajstić information content (AvgIpc) is 3.02. The Bertz CT molecular complexity index is 951.